The summed E-state index contributed by atoms with van der Waals surface area (Å²) in [4.78, 5) is 0. The lowest BCUT2D eigenvalue weighted by Gasteiger charge is -2.21. The second-order valence-corrected chi connectivity index (χ2v) is 4.69. The van der Waals surface area contributed by atoms with Gasteiger partial charge in [0.2, 0.25) is 0 Å². The summed E-state index contributed by atoms with van der Waals surface area (Å²) in [5.74, 6) is 0. The summed E-state index contributed by atoms with van der Waals surface area (Å²) < 4.78 is 5.26. The maximum absolute atomic E-state index is 6.11. The van der Waals surface area contributed by atoms with E-state index in [0.29, 0.717) is 0 Å². The molecule has 0 aliphatic heterocycles. The van der Waals surface area contributed by atoms with Crippen LogP contribution in [0.15, 0.2) is 12.1 Å². The van der Waals surface area contributed by atoms with E-state index in [-0.39, 0.29) is 12.1 Å². The highest BCUT2D eigenvalue weighted by Crippen LogP contribution is 2.18. The molecule has 2 N–H and O–H groups in total. The number of methoxy groups -OCH3 is 1. The second-order valence-electron chi connectivity index (χ2n) is 4.69. The van der Waals surface area contributed by atoms with E-state index < -0.39 is 0 Å². The summed E-state index contributed by atoms with van der Waals surface area (Å²) in [5.41, 5.74) is 11.4. The van der Waals surface area contributed by atoms with Crippen molar-refractivity contribution in [2.45, 2.75) is 46.3 Å². The van der Waals surface area contributed by atoms with Crippen LogP contribution in [0.4, 0.5) is 0 Å². The summed E-state index contributed by atoms with van der Waals surface area (Å²) in [7, 11) is 1.71. The van der Waals surface area contributed by atoms with Crippen molar-refractivity contribution in [2.24, 2.45) is 5.73 Å². The lowest BCUT2D eigenvalue weighted by Crippen LogP contribution is -2.36. The Bertz CT molecular complexity index is 337. The first kappa shape index (κ1) is 13.2. The zero-order valence-corrected chi connectivity index (χ0v) is 11.0. The molecule has 1 aromatic rings. The van der Waals surface area contributed by atoms with Crippen LogP contribution in [-0.2, 0) is 11.2 Å². The van der Waals surface area contributed by atoms with Crippen molar-refractivity contribution in [1.82, 2.24) is 0 Å². The van der Waals surface area contributed by atoms with E-state index in [9.17, 15) is 0 Å². The Balaban J connectivity index is 2.89. The molecule has 2 unspecified atom stereocenters. The van der Waals surface area contributed by atoms with Gasteiger partial charge in [-0.05, 0) is 50.8 Å². The van der Waals surface area contributed by atoms with E-state index in [2.05, 4.69) is 32.9 Å². The Hall–Kier alpha value is -0.860. The van der Waals surface area contributed by atoms with Crippen molar-refractivity contribution in [3.05, 3.63) is 34.4 Å². The maximum atomic E-state index is 6.11. The predicted molar refractivity (Wildman–Crippen MR) is 68.8 cm³/mol. The molecule has 0 radical (unpaired) electrons. The van der Waals surface area contributed by atoms with Gasteiger partial charge >= 0.3 is 0 Å². The molecule has 0 amide bonds. The quantitative estimate of drug-likeness (QED) is 0.848. The van der Waals surface area contributed by atoms with Gasteiger partial charge in [0.25, 0.3) is 0 Å². The lowest BCUT2D eigenvalue weighted by atomic mass is 9.93. The molecule has 2 atom stereocenters. The first-order valence-electron chi connectivity index (χ1n) is 5.80. The largest absolute Gasteiger partial charge is 0.380 e. The van der Waals surface area contributed by atoms with Crippen molar-refractivity contribution in [3.63, 3.8) is 0 Å². The molecule has 0 fully saturated rings. The highest BCUT2D eigenvalue weighted by molar-refractivity contribution is 5.38. The van der Waals surface area contributed by atoms with Gasteiger partial charge < -0.3 is 10.5 Å². The van der Waals surface area contributed by atoms with E-state index in [1.54, 1.807) is 7.11 Å². The normalized spacial score (nSPS) is 14.9. The number of rotatable bonds is 4. The zero-order chi connectivity index (χ0) is 12.3. The summed E-state index contributed by atoms with van der Waals surface area (Å²) >= 11 is 0. The first-order valence-corrected chi connectivity index (χ1v) is 5.80. The van der Waals surface area contributed by atoms with E-state index in [1.165, 1.54) is 22.3 Å². The Morgan fingerprint density at radius 3 is 2.12 bits per heavy atom. The van der Waals surface area contributed by atoms with Crippen LogP contribution in [0.1, 0.15) is 29.2 Å². The summed E-state index contributed by atoms with van der Waals surface area (Å²) in [6.45, 7) is 8.45. The van der Waals surface area contributed by atoms with Crippen LogP contribution in [0.25, 0.3) is 0 Å². The monoisotopic (exact) mass is 221 g/mol. The van der Waals surface area contributed by atoms with Gasteiger partial charge in [0.15, 0.2) is 0 Å². The smallest absolute Gasteiger partial charge is 0.0697 e. The van der Waals surface area contributed by atoms with E-state index in [0.717, 1.165) is 6.42 Å². The van der Waals surface area contributed by atoms with Crippen molar-refractivity contribution >= 4 is 0 Å². The fourth-order valence-electron chi connectivity index (χ4n) is 2.11. The summed E-state index contributed by atoms with van der Waals surface area (Å²) in [6, 6.07) is 4.49. The van der Waals surface area contributed by atoms with Crippen LogP contribution < -0.4 is 5.73 Å². The highest BCUT2D eigenvalue weighted by Gasteiger charge is 2.15. The molecular weight excluding hydrogens is 198 g/mol. The standard InChI is InChI=1S/C14H23NO/c1-9-6-10(2)13(11(3)7-9)8-14(15)12(4)16-5/h6-7,12,14H,8,15H2,1-5H3. The van der Waals surface area contributed by atoms with Gasteiger partial charge in [-0.2, -0.15) is 0 Å². The Morgan fingerprint density at radius 1 is 1.19 bits per heavy atom. The second kappa shape index (κ2) is 5.46. The number of benzene rings is 1. The van der Waals surface area contributed by atoms with Crippen LogP contribution in [0.2, 0.25) is 0 Å². The number of ether oxygens (including phenoxy) is 1. The molecular formula is C14H23NO. The van der Waals surface area contributed by atoms with Crippen molar-refractivity contribution in [2.75, 3.05) is 7.11 Å². The minimum absolute atomic E-state index is 0.0603. The molecule has 16 heavy (non-hydrogen) atoms. The number of hydrogen-bond acceptors (Lipinski definition) is 2. The Kier molecular flexibility index (Phi) is 4.51. The highest BCUT2D eigenvalue weighted by atomic mass is 16.5. The van der Waals surface area contributed by atoms with E-state index in [1.807, 2.05) is 6.92 Å². The van der Waals surface area contributed by atoms with Gasteiger partial charge in [0.1, 0.15) is 0 Å². The summed E-state index contributed by atoms with van der Waals surface area (Å²) in [5, 5.41) is 0. The number of aryl methyl sites for hydroxylation is 3. The third-order valence-electron chi connectivity index (χ3n) is 3.25. The van der Waals surface area contributed by atoms with Gasteiger partial charge in [0, 0.05) is 13.2 Å². The molecule has 0 bridgehead atoms. The van der Waals surface area contributed by atoms with Crippen LogP contribution in [-0.4, -0.2) is 19.3 Å². The molecule has 0 saturated heterocycles. The maximum Gasteiger partial charge on any atom is 0.0697 e. The fraction of sp³-hybridized carbons (Fsp3) is 0.571. The molecule has 0 aliphatic carbocycles. The van der Waals surface area contributed by atoms with Gasteiger partial charge in [-0.15, -0.1) is 0 Å². The minimum atomic E-state index is 0.0603. The summed E-state index contributed by atoms with van der Waals surface area (Å²) in [6.07, 6.45) is 0.979. The predicted octanol–water partition coefficient (Wildman–Crippen LogP) is 2.52. The van der Waals surface area contributed by atoms with Gasteiger partial charge in [-0.3, -0.25) is 0 Å². The molecule has 2 nitrogen and oxygen atoms in total. The van der Waals surface area contributed by atoms with Crippen molar-refractivity contribution in [3.8, 4) is 0 Å². The third-order valence-corrected chi connectivity index (χ3v) is 3.25. The van der Waals surface area contributed by atoms with E-state index >= 15 is 0 Å². The van der Waals surface area contributed by atoms with Gasteiger partial charge in [-0.1, -0.05) is 17.7 Å². The van der Waals surface area contributed by atoms with Gasteiger partial charge in [0.05, 0.1) is 6.10 Å². The number of hydrogen-bond donors (Lipinski definition) is 1. The molecule has 0 saturated carbocycles. The van der Waals surface area contributed by atoms with Crippen LogP contribution in [0.5, 0.6) is 0 Å². The molecule has 0 aliphatic rings. The molecule has 0 heterocycles. The number of nitrogens with two attached hydrogens (primary N) is 1. The molecule has 0 spiro atoms. The van der Waals surface area contributed by atoms with Crippen LogP contribution >= 0.6 is 0 Å². The zero-order valence-electron chi connectivity index (χ0n) is 11.0. The fourth-order valence-corrected chi connectivity index (χ4v) is 2.11. The van der Waals surface area contributed by atoms with E-state index in [4.69, 9.17) is 10.5 Å². The topological polar surface area (TPSA) is 35.2 Å². The molecule has 0 aromatic heterocycles. The minimum Gasteiger partial charge on any atom is -0.380 e. The Morgan fingerprint density at radius 2 is 1.69 bits per heavy atom. The molecule has 2 heteroatoms. The lowest BCUT2D eigenvalue weighted by molar-refractivity contribution is 0.0955. The Labute approximate surface area is 98.8 Å². The molecule has 90 valence electrons. The molecule has 1 aromatic carbocycles. The van der Waals surface area contributed by atoms with Crippen LogP contribution in [0.3, 0.4) is 0 Å². The average molecular weight is 221 g/mol. The van der Waals surface area contributed by atoms with Crippen LogP contribution in [0, 0.1) is 20.8 Å². The van der Waals surface area contributed by atoms with Gasteiger partial charge in [-0.25, -0.2) is 0 Å². The molecule has 1 rings (SSSR count). The SMILES string of the molecule is COC(C)C(N)Cc1c(C)cc(C)cc1C. The third kappa shape index (κ3) is 3.06. The van der Waals surface area contributed by atoms with Crippen molar-refractivity contribution < 1.29 is 4.74 Å². The van der Waals surface area contributed by atoms with Crippen molar-refractivity contribution in [1.29, 1.82) is 0 Å². The first-order chi connectivity index (χ1) is 7.45. The average Bonchev–Trinajstić information content (AvgIpc) is 2.21.